The molecule has 0 spiro atoms. The van der Waals surface area contributed by atoms with Gasteiger partial charge in [-0.15, -0.1) is 0 Å². The zero-order valence-corrected chi connectivity index (χ0v) is 27.5. The second kappa shape index (κ2) is 13.9. The molecule has 1 saturated carbocycles. The van der Waals surface area contributed by atoms with Crippen LogP contribution in [0.5, 0.6) is 0 Å². The standard InChI is InChI=1S/C35H52N6O4/c1-21-8-11-32(29(14-21)28-15-22(2)38-33-26(28)6-5-7-27(33)35(43)44)45-13-12-41-23(3)39-31-10-9-25(16-30(31)34(41)42)40(4)19-24-17-36-20-37-18-24/h5-7,21-22,24-25,28-29,32,36-38H,8-20H2,1-4H3,(H,43,44). The fourth-order valence-corrected chi connectivity index (χ4v) is 8.61. The summed E-state index contributed by atoms with van der Waals surface area (Å²) < 4.78 is 8.51. The molecule has 45 heavy (non-hydrogen) atoms. The molecule has 10 heteroatoms. The number of benzene rings is 1. The molecule has 2 fully saturated rings. The molecule has 2 aromatic rings. The van der Waals surface area contributed by atoms with Crippen LogP contribution in [0.4, 0.5) is 5.69 Å². The van der Waals surface area contributed by atoms with Crippen molar-refractivity contribution in [3.63, 3.8) is 0 Å². The largest absolute Gasteiger partial charge is 0.478 e. The molecule has 0 bridgehead atoms. The molecule has 1 aromatic carbocycles. The van der Waals surface area contributed by atoms with E-state index in [-0.39, 0.29) is 23.6 Å². The molecule has 246 valence electrons. The third-order valence-electron chi connectivity index (χ3n) is 11.0. The number of aromatic nitrogens is 2. The van der Waals surface area contributed by atoms with Crippen molar-refractivity contribution in [1.82, 2.24) is 25.1 Å². The summed E-state index contributed by atoms with van der Waals surface area (Å²) in [6.45, 7) is 11.3. The van der Waals surface area contributed by atoms with Crippen molar-refractivity contribution in [3.05, 3.63) is 56.8 Å². The maximum atomic E-state index is 13.9. The first-order valence-electron chi connectivity index (χ1n) is 17.1. The third-order valence-corrected chi connectivity index (χ3v) is 11.0. The number of carbonyl (C=O) groups is 1. The maximum absolute atomic E-state index is 13.9. The molecule has 6 atom stereocenters. The number of likely N-dealkylation sites (N-methyl/N-ethyl adjacent to an activating group) is 1. The number of anilines is 1. The highest BCUT2D eigenvalue weighted by Gasteiger charge is 2.40. The number of rotatable bonds is 9. The summed E-state index contributed by atoms with van der Waals surface area (Å²) in [5.41, 5.74) is 4.16. The molecule has 0 radical (unpaired) electrons. The minimum absolute atomic E-state index is 0.0706. The SMILES string of the molecule is Cc1nc2c(c(=O)n1CCOC1CCC(C)CC1C1CC(C)Nc3c(C(=O)O)cccc31)CC(N(C)CC1CNCNC1)CC2. The zero-order chi connectivity index (χ0) is 31.7. The third kappa shape index (κ3) is 6.99. The minimum atomic E-state index is -0.895. The highest BCUT2D eigenvalue weighted by Crippen LogP contribution is 2.47. The molecule has 2 aliphatic heterocycles. The average Bonchev–Trinajstić information content (AvgIpc) is 3.02. The fourth-order valence-electron chi connectivity index (χ4n) is 8.61. The van der Waals surface area contributed by atoms with Gasteiger partial charge >= 0.3 is 5.97 Å². The molecule has 10 nitrogen and oxygen atoms in total. The molecule has 6 unspecified atom stereocenters. The number of hydrogen-bond donors (Lipinski definition) is 4. The van der Waals surface area contributed by atoms with E-state index in [1.165, 1.54) is 0 Å². The summed E-state index contributed by atoms with van der Waals surface area (Å²) in [5, 5.41) is 20.2. The van der Waals surface area contributed by atoms with Crippen LogP contribution in [-0.2, 0) is 24.1 Å². The second-order valence-electron chi connectivity index (χ2n) is 14.3. The number of aromatic carboxylic acids is 1. The van der Waals surface area contributed by atoms with Crippen LogP contribution in [0.1, 0.15) is 84.9 Å². The van der Waals surface area contributed by atoms with E-state index in [0.29, 0.717) is 42.5 Å². The maximum Gasteiger partial charge on any atom is 0.337 e. The highest BCUT2D eigenvalue weighted by atomic mass is 16.5. The summed E-state index contributed by atoms with van der Waals surface area (Å²) in [4.78, 5) is 33.3. The van der Waals surface area contributed by atoms with Gasteiger partial charge in [0.05, 0.1) is 36.2 Å². The number of carboxylic acids is 1. The number of fused-ring (bicyclic) bond motifs is 2. The van der Waals surface area contributed by atoms with Crippen LogP contribution in [0, 0.1) is 24.7 Å². The normalized spacial score (nSPS) is 28.7. The second-order valence-corrected chi connectivity index (χ2v) is 14.3. The van der Waals surface area contributed by atoms with Crippen LogP contribution >= 0.6 is 0 Å². The summed E-state index contributed by atoms with van der Waals surface area (Å²) in [6, 6.07) is 6.20. The molecule has 1 aromatic heterocycles. The van der Waals surface area contributed by atoms with Crippen LogP contribution in [0.3, 0.4) is 0 Å². The first-order valence-corrected chi connectivity index (χ1v) is 17.1. The van der Waals surface area contributed by atoms with E-state index in [1.807, 2.05) is 17.6 Å². The van der Waals surface area contributed by atoms with Crippen molar-refractivity contribution in [2.45, 2.75) is 96.4 Å². The zero-order valence-electron chi connectivity index (χ0n) is 27.5. The summed E-state index contributed by atoms with van der Waals surface area (Å²) >= 11 is 0. The van der Waals surface area contributed by atoms with E-state index in [4.69, 9.17) is 9.72 Å². The molecule has 6 rings (SSSR count). The van der Waals surface area contributed by atoms with Gasteiger partial charge in [-0.3, -0.25) is 9.36 Å². The Morgan fingerprint density at radius 1 is 1.16 bits per heavy atom. The number of nitrogens with one attached hydrogen (secondary N) is 3. The van der Waals surface area contributed by atoms with Crippen molar-refractivity contribution in [1.29, 1.82) is 0 Å². The molecule has 4 aliphatic rings. The lowest BCUT2D eigenvalue weighted by atomic mass is 9.68. The lowest BCUT2D eigenvalue weighted by Crippen LogP contribution is -2.50. The molecule has 0 amide bonds. The lowest BCUT2D eigenvalue weighted by molar-refractivity contribution is -0.0350. The van der Waals surface area contributed by atoms with Gasteiger partial charge in [0, 0.05) is 44.0 Å². The Kier molecular flexibility index (Phi) is 9.94. The Hall–Kier alpha value is -2.79. The van der Waals surface area contributed by atoms with Gasteiger partial charge in [-0.1, -0.05) is 19.1 Å². The van der Waals surface area contributed by atoms with Crippen molar-refractivity contribution in [2.24, 2.45) is 17.8 Å². The van der Waals surface area contributed by atoms with Gasteiger partial charge < -0.3 is 30.7 Å². The average molecular weight is 621 g/mol. The monoisotopic (exact) mass is 620 g/mol. The molecule has 2 aliphatic carbocycles. The van der Waals surface area contributed by atoms with Crippen LogP contribution in [0.25, 0.3) is 0 Å². The number of nitrogens with zero attached hydrogens (tertiary/aromatic N) is 3. The molecule has 1 saturated heterocycles. The van der Waals surface area contributed by atoms with Gasteiger partial charge in [0.25, 0.3) is 5.56 Å². The van der Waals surface area contributed by atoms with E-state index < -0.39 is 5.97 Å². The molecule has 4 N–H and O–H groups in total. The Labute approximate surface area is 267 Å². The number of aryl methyl sites for hydroxylation is 2. The Bertz CT molecular complexity index is 1420. The van der Waals surface area contributed by atoms with Crippen molar-refractivity contribution >= 4 is 11.7 Å². The lowest BCUT2D eigenvalue weighted by Gasteiger charge is -2.43. The minimum Gasteiger partial charge on any atom is -0.478 e. The van der Waals surface area contributed by atoms with E-state index in [0.717, 1.165) is 99.6 Å². The Morgan fingerprint density at radius 3 is 2.73 bits per heavy atom. The first-order chi connectivity index (χ1) is 21.7. The van der Waals surface area contributed by atoms with Gasteiger partial charge in [-0.05, 0) is 101 Å². The summed E-state index contributed by atoms with van der Waals surface area (Å²) in [7, 11) is 2.20. The van der Waals surface area contributed by atoms with Crippen molar-refractivity contribution < 1.29 is 14.6 Å². The Balaban J connectivity index is 1.14. The van der Waals surface area contributed by atoms with Crippen LogP contribution < -0.4 is 21.5 Å². The van der Waals surface area contributed by atoms with E-state index in [9.17, 15) is 14.7 Å². The predicted octanol–water partition coefficient (Wildman–Crippen LogP) is 3.61. The van der Waals surface area contributed by atoms with Crippen molar-refractivity contribution in [3.8, 4) is 0 Å². The topological polar surface area (TPSA) is 121 Å². The first kappa shape index (κ1) is 32.2. The van der Waals surface area contributed by atoms with E-state index in [2.05, 4.69) is 47.8 Å². The Morgan fingerprint density at radius 2 is 1.96 bits per heavy atom. The van der Waals surface area contributed by atoms with Gasteiger partial charge in [-0.25, -0.2) is 9.78 Å². The quantitative estimate of drug-likeness (QED) is 0.333. The van der Waals surface area contributed by atoms with Gasteiger partial charge in [-0.2, -0.15) is 0 Å². The molecule has 3 heterocycles. The van der Waals surface area contributed by atoms with Gasteiger partial charge in [0.1, 0.15) is 5.82 Å². The number of carboxylic acid groups (broad SMARTS) is 1. The van der Waals surface area contributed by atoms with Gasteiger partial charge in [0.15, 0.2) is 0 Å². The van der Waals surface area contributed by atoms with E-state index in [1.54, 1.807) is 6.07 Å². The molecular weight excluding hydrogens is 568 g/mol. The number of hydrogen-bond acceptors (Lipinski definition) is 8. The number of para-hydroxylation sites is 1. The van der Waals surface area contributed by atoms with Gasteiger partial charge in [0.2, 0.25) is 0 Å². The highest BCUT2D eigenvalue weighted by molar-refractivity contribution is 5.95. The van der Waals surface area contributed by atoms with Crippen molar-refractivity contribution in [2.75, 3.05) is 45.3 Å². The predicted molar refractivity (Wildman–Crippen MR) is 176 cm³/mol. The van der Waals surface area contributed by atoms with Crippen LogP contribution in [0.15, 0.2) is 23.0 Å². The smallest absolute Gasteiger partial charge is 0.337 e. The molecular formula is C35H52N6O4. The number of ether oxygens (including phenoxy) is 1. The summed E-state index contributed by atoms with van der Waals surface area (Å²) in [5.74, 6) is 1.57. The summed E-state index contributed by atoms with van der Waals surface area (Å²) in [6.07, 6.45) is 6.80. The van der Waals surface area contributed by atoms with Crippen LogP contribution in [0.2, 0.25) is 0 Å². The fraction of sp³-hybridized carbons (Fsp3) is 0.686. The van der Waals surface area contributed by atoms with Crippen LogP contribution in [-0.4, -0.2) is 83.7 Å². The van der Waals surface area contributed by atoms with E-state index >= 15 is 0 Å².